The minimum absolute atomic E-state index is 0.751. The molecule has 0 fully saturated rings. The summed E-state index contributed by atoms with van der Waals surface area (Å²) in [5.41, 5.74) is 10.0. The first-order chi connectivity index (χ1) is 5.57. The summed E-state index contributed by atoms with van der Waals surface area (Å²) in [5, 5.41) is 0. The standard InChI is InChI=1S/C10H15NO/c1-6-5-7(2)9(11)10(12-4)8(6)3/h5H,11H2,1-4H3. The van der Waals surface area contributed by atoms with Crippen molar-refractivity contribution in [1.29, 1.82) is 0 Å². The molecule has 1 rings (SSSR count). The van der Waals surface area contributed by atoms with Crippen LogP contribution in [-0.2, 0) is 0 Å². The summed E-state index contributed by atoms with van der Waals surface area (Å²) in [4.78, 5) is 0. The maximum absolute atomic E-state index is 5.84. The van der Waals surface area contributed by atoms with Gasteiger partial charge in [0, 0.05) is 0 Å². The monoisotopic (exact) mass is 165 g/mol. The zero-order chi connectivity index (χ0) is 9.30. The van der Waals surface area contributed by atoms with Gasteiger partial charge in [-0.15, -0.1) is 0 Å². The van der Waals surface area contributed by atoms with Crippen molar-refractivity contribution < 1.29 is 4.74 Å². The van der Waals surface area contributed by atoms with Crippen LogP contribution in [0.1, 0.15) is 16.7 Å². The lowest BCUT2D eigenvalue weighted by Crippen LogP contribution is -1.99. The molecule has 0 heterocycles. The number of aryl methyl sites for hydroxylation is 2. The Kier molecular flexibility index (Phi) is 2.27. The van der Waals surface area contributed by atoms with Gasteiger partial charge in [0.05, 0.1) is 12.8 Å². The molecule has 0 radical (unpaired) electrons. The number of anilines is 1. The first kappa shape index (κ1) is 8.91. The third-order valence-corrected chi connectivity index (χ3v) is 2.24. The summed E-state index contributed by atoms with van der Waals surface area (Å²) >= 11 is 0. The van der Waals surface area contributed by atoms with Gasteiger partial charge in [0.25, 0.3) is 0 Å². The van der Waals surface area contributed by atoms with Gasteiger partial charge in [-0.05, 0) is 37.5 Å². The molecule has 2 N–H and O–H groups in total. The zero-order valence-electron chi connectivity index (χ0n) is 8.06. The Labute approximate surface area is 73.3 Å². The van der Waals surface area contributed by atoms with Gasteiger partial charge in [0.15, 0.2) is 0 Å². The first-order valence-corrected chi connectivity index (χ1v) is 3.98. The van der Waals surface area contributed by atoms with E-state index in [0.717, 1.165) is 22.6 Å². The summed E-state index contributed by atoms with van der Waals surface area (Å²) in [7, 11) is 1.65. The van der Waals surface area contributed by atoms with Crippen molar-refractivity contribution in [3.63, 3.8) is 0 Å². The second kappa shape index (κ2) is 3.05. The highest BCUT2D eigenvalue weighted by Gasteiger charge is 2.08. The average Bonchev–Trinajstić information content (AvgIpc) is 2.02. The van der Waals surface area contributed by atoms with E-state index in [-0.39, 0.29) is 0 Å². The van der Waals surface area contributed by atoms with Crippen LogP contribution in [0.2, 0.25) is 0 Å². The van der Waals surface area contributed by atoms with E-state index in [9.17, 15) is 0 Å². The van der Waals surface area contributed by atoms with Gasteiger partial charge in [-0.25, -0.2) is 0 Å². The predicted octanol–water partition coefficient (Wildman–Crippen LogP) is 2.20. The Hall–Kier alpha value is -1.18. The maximum Gasteiger partial charge on any atom is 0.145 e. The highest BCUT2D eigenvalue weighted by molar-refractivity contribution is 5.63. The highest BCUT2D eigenvalue weighted by Crippen LogP contribution is 2.31. The molecule has 2 heteroatoms. The van der Waals surface area contributed by atoms with Crippen LogP contribution in [0.3, 0.4) is 0 Å². The van der Waals surface area contributed by atoms with Crippen molar-refractivity contribution >= 4 is 5.69 Å². The maximum atomic E-state index is 5.84. The molecule has 2 nitrogen and oxygen atoms in total. The van der Waals surface area contributed by atoms with Crippen LogP contribution >= 0.6 is 0 Å². The van der Waals surface area contributed by atoms with Gasteiger partial charge in [-0.3, -0.25) is 0 Å². The van der Waals surface area contributed by atoms with Gasteiger partial charge < -0.3 is 10.5 Å². The minimum atomic E-state index is 0.751. The molecule has 0 saturated carbocycles. The molecular weight excluding hydrogens is 150 g/mol. The molecule has 0 atom stereocenters. The molecule has 66 valence electrons. The van der Waals surface area contributed by atoms with Crippen LogP contribution in [-0.4, -0.2) is 7.11 Å². The van der Waals surface area contributed by atoms with Crippen molar-refractivity contribution in [1.82, 2.24) is 0 Å². The lowest BCUT2D eigenvalue weighted by molar-refractivity contribution is 0.413. The highest BCUT2D eigenvalue weighted by atomic mass is 16.5. The summed E-state index contributed by atoms with van der Waals surface area (Å²) in [6.45, 7) is 6.07. The summed E-state index contributed by atoms with van der Waals surface area (Å²) < 4.78 is 5.21. The third kappa shape index (κ3) is 1.24. The fourth-order valence-electron chi connectivity index (χ4n) is 1.33. The van der Waals surface area contributed by atoms with Crippen molar-refractivity contribution in [2.24, 2.45) is 0 Å². The van der Waals surface area contributed by atoms with Crippen molar-refractivity contribution in [2.75, 3.05) is 12.8 Å². The molecule has 1 aromatic carbocycles. The van der Waals surface area contributed by atoms with E-state index < -0.39 is 0 Å². The quantitative estimate of drug-likeness (QED) is 0.647. The number of hydrogen-bond acceptors (Lipinski definition) is 2. The molecule has 0 spiro atoms. The second-order valence-corrected chi connectivity index (χ2v) is 3.08. The number of nitrogens with two attached hydrogens (primary N) is 1. The van der Waals surface area contributed by atoms with Gasteiger partial charge in [0.2, 0.25) is 0 Å². The Bertz CT molecular complexity index is 279. The summed E-state index contributed by atoms with van der Waals surface area (Å²) in [6, 6.07) is 2.08. The van der Waals surface area contributed by atoms with E-state index in [1.54, 1.807) is 7.11 Å². The number of hydrogen-bond donors (Lipinski definition) is 1. The molecule has 0 aliphatic rings. The van der Waals surface area contributed by atoms with Crippen molar-refractivity contribution in [2.45, 2.75) is 20.8 Å². The summed E-state index contributed by atoms with van der Waals surface area (Å²) in [6.07, 6.45) is 0. The Morgan fingerprint density at radius 1 is 1.17 bits per heavy atom. The average molecular weight is 165 g/mol. The molecule has 12 heavy (non-hydrogen) atoms. The van der Waals surface area contributed by atoms with E-state index in [1.807, 2.05) is 13.8 Å². The minimum Gasteiger partial charge on any atom is -0.494 e. The van der Waals surface area contributed by atoms with Gasteiger partial charge in [-0.1, -0.05) is 6.07 Å². The largest absolute Gasteiger partial charge is 0.494 e. The predicted molar refractivity (Wildman–Crippen MR) is 51.6 cm³/mol. The number of benzene rings is 1. The van der Waals surface area contributed by atoms with Crippen LogP contribution in [0.25, 0.3) is 0 Å². The smallest absolute Gasteiger partial charge is 0.145 e. The second-order valence-electron chi connectivity index (χ2n) is 3.08. The topological polar surface area (TPSA) is 35.2 Å². The Morgan fingerprint density at radius 2 is 1.75 bits per heavy atom. The Morgan fingerprint density at radius 3 is 2.25 bits per heavy atom. The van der Waals surface area contributed by atoms with E-state index in [2.05, 4.69) is 13.0 Å². The summed E-state index contributed by atoms with van der Waals surface area (Å²) in [5.74, 6) is 0.812. The van der Waals surface area contributed by atoms with Gasteiger partial charge in [0.1, 0.15) is 5.75 Å². The lowest BCUT2D eigenvalue weighted by Gasteiger charge is -2.12. The number of rotatable bonds is 1. The molecule has 0 bridgehead atoms. The molecule has 1 aromatic rings. The normalized spacial score (nSPS) is 10.0. The zero-order valence-corrected chi connectivity index (χ0v) is 8.06. The number of methoxy groups -OCH3 is 1. The van der Waals surface area contributed by atoms with Gasteiger partial charge >= 0.3 is 0 Å². The molecule has 0 amide bonds. The third-order valence-electron chi connectivity index (χ3n) is 2.24. The van der Waals surface area contributed by atoms with E-state index in [1.165, 1.54) is 5.56 Å². The van der Waals surface area contributed by atoms with Crippen LogP contribution in [0.5, 0.6) is 5.75 Å². The molecule has 0 aliphatic carbocycles. The van der Waals surface area contributed by atoms with E-state index >= 15 is 0 Å². The van der Waals surface area contributed by atoms with Gasteiger partial charge in [-0.2, -0.15) is 0 Å². The molecule has 0 aromatic heterocycles. The number of nitrogen functional groups attached to an aromatic ring is 1. The SMILES string of the molecule is COc1c(C)c(C)cc(C)c1N. The fourth-order valence-corrected chi connectivity index (χ4v) is 1.33. The van der Waals surface area contributed by atoms with Crippen molar-refractivity contribution in [3.8, 4) is 5.75 Å². The van der Waals surface area contributed by atoms with Crippen LogP contribution < -0.4 is 10.5 Å². The molecule has 0 aliphatic heterocycles. The Balaban J connectivity index is 3.42. The molecule has 0 unspecified atom stereocenters. The lowest BCUT2D eigenvalue weighted by atomic mass is 10.0. The van der Waals surface area contributed by atoms with Crippen LogP contribution in [0.4, 0.5) is 5.69 Å². The fraction of sp³-hybridized carbons (Fsp3) is 0.400. The van der Waals surface area contributed by atoms with Crippen molar-refractivity contribution in [3.05, 3.63) is 22.8 Å². The molecular formula is C10H15NO. The van der Waals surface area contributed by atoms with E-state index in [0.29, 0.717) is 0 Å². The van der Waals surface area contributed by atoms with Crippen LogP contribution in [0, 0.1) is 20.8 Å². The molecule has 0 saturated heterocycles. The van der Waals surface area contributed by atoms with E-state index in [4.69, 9.17) is 10.5 Å². The van der Waals surface area contributed by atoms with Crippen LogP contribution in [0.15, 0.2) is 6.07 Å². The first-order valence-electron chi connectivity index (χ1n) is 3.98. The number of ether oxygens (including phenoxy) is 1.